The zero-order valence-corrected chi connectivity index (χ0v) is 43.1. The third-order valence-electron chi connectivity index (χ3n) is 16.4. The second-order valence-electron chi connectivity index (χ2n) is 20.7. The Morgan fingerprint density at radius 1 is 0.568 bits per heavy atom. The van der Waals surface area contributed by atoms with Gasteiger partial charge in [0, 0.05) is 176 Å². The number of aromatic nitrogens is 6. The Kier molecular flexibility index (Phi) is 14.1. The number of hydrogen-bond donors (Lipinski definition) is 2. The summed E-state index contributed by atoms with van der Waals surface area (Å²) >= 11 is 0. The third kappa shape index (κ3) is 9.57. The van der Waals surface area contributed by atoms with Gasteiger partial charge < -0.3 is 39.7 Å². The number of fused-ring (bicyclic) bond motifs is 4. The molecule has 74 heavy (non-hydrogen) atoms. The fourth-order valence-corrected chi connectivity index (χ4v) is 12.2. The lowest BCUT2D eigenvalue weighted by Gasteiger charge is -2.29. The minimum absolute atomic E-state index is 0.00118. The van der Waals surface area contributed by atoms with Gasteiger partial charge in [-0.15, -0.1) is 0 Å². The second-order valence-corrected chi connectivity index (χ2v) is 20.7. The SMILES string of the molecule is CNC(=O)[C@@H]1CCN(c2cc3cccc(-c4nn(C5CCOCC5)c5c4CN(C(C)=O)CC5)c3cn2)C1.CNC(=O)[C@H]1CCN(c2cc3cccc(-c4nn(C5CCOCC5)c5c4CN(C(C)=O)CC5)c3cn2)C1. The molecule has 6 aliphatic heterocycles. The topological polar surface area (TPSA) is 185 Å². The van der Waals surface area contributed by atoms with Gasteiger partial charge in [0.15, 0.2) is 0 Å². The van der Waals surface area contributed by atoms with Gasteiger partial charge in [0.2, 0.25) is 23.6 Å². The molecular weight excluding hydrogens is 937 g/mol. The van der Waals surface area contributed by atoms with Crippen LogP contribution in [0.4, 0.5) is 11.6 Å². The van der Waals surface area contributed by atoms with Crippen molar-refractivity contribution in [2.24, 2.45) is 11.8 Å². The highest BCUT2D eigenvalue weighted by Gasteiger charge is 2.34. The van der Waals surface area contributed by atoms with Gasteiger partial charge in [0.05, 0.1) is 35.3 Å². The standard InChI is InChI=1S/2C28H34N6O3/c2*1-18(35)32-11-7-25-24(17-32)27(31-34(25)21-8-12-37-13-9-21)22-5-3-4-19-14-26(30-15-23(19)22)33-10-6-20(16-33)28(36)29-2/h2*3-5,14-15,20-21H,6-13,16-17H2,1-2H3,(H,29,36)/t2*20-/m10/s1. The van der Waals surface area contributed by atoms with Crippen LogP contribution in [0.1, 0.15) is 87.0 Å². The molecule has 2 aromatic carbocycles. The van der Waals surface area contributed by atoms with Crippen molar-refractivity contribution in [3.8, 4) is 22.5 Å². The van der Waals surface area contributed by atoms with Crippen LogP contribution in [0, 0.1) is 11.8 Å². The number of benzene rings is 2. The predicted octanol–water partition coefficient (Wildman–Crippen LogP) is 5.85. The number of hydrogen-bond acceptors (Lipinski definition) is 12. The number of anilines is 2. The van der Waals surface area contributed by atoms with Crippen molar-refractivity contribution >= 4 is 56.8 Å². The van der Waals surface area contributed by atoms with E-state index in [0.717, 1.165) is 171 Å². The number of carbonyl (C=O) groups excluding carboxylic acids is 4. The summed E-state index contributed by atoms with van der Waals surface area (Å²) in [5.74, 6) is 2.17. The Morgan fingerprint density at radius 2 is 0.986 bits per heavy atom. The monoisotopic (exact) mass is 1000 g/mol. The van der Waals surface area contributed by atoms with E-state index < -0.39 is 0 Å². The number of nitrogens with zero attached hydrogens (tertiary/aromatic N) is 10. The summed E-state index contributed by atoms with van der Waals surface area (Å²) in [6.45, 7) is 11.9. The summed E-state index contributed by atoms with van der Waals surface area (Å²) in [5, 5.41) is 20.2. The average Bonchev–Trinajstić information content (AvgIpc) is 4.30. The first-order chi connectivity index (χ1) is 36.1. The minimum Gasteiger partial charge on any atom is -0.381 e. The summed E-state index contributed by atoms with van der Waals surface area (Å²) in [6, 6.07) is 17.5. The number of ether oxygens (including phenoxy) is 2. The smallest absolute Gasteiger partial charge is 0.224 e. The van der Waals surface area contributed by atoms with Gasteiger partial charge in [0.25, 0.3) is 0 Å². The molecule has 18 heteroatoms. The van der Waals surface area contributed by atoms with Gasteiger partial charge >= 0.3 is 0 Å². The van der Waals surface area contributed by atoms with E-state index >= 15 is 0 Å². The Bertz CT molecular complexity index is 2900. The van der Waals surface area contributed by atoms with Crippen molar-refractivity contribution < 1.29 is 28.7 Å². The number of amides is 4. The number of pyridine rings is 2. The van der Waals surface area contributed by atoms with E-state index in [4.69, 9.17) is 29.6 Å². The first-order valence-corrected chi connectivity index (χ1v) is 26.6. The van der Waals surface area contributed by atoms with E-state index in [-0.39, 0.29) is 35.5 Å². The summed E-state index contributed by atoms with van der Waals surface area (Å²) in [5.41, 5.74) is 8.80. The van der Waals surface area contributed by atoms with Crippen LogP contribution < -0.4 is 20.4 Å². The van der Waals surface area contributed by atoms with Crippen LogP contribution in [0.15, 0.2) is 60.9 Å². The molecule has 18 nitrogen and oxygen atoms in total. The van der Waals surface area contributed by atoms with Crippen LogP contribution in [-0.2, 0) is 54.6 Å². The van der Waals surface area contributed by atoms with Gasteiger partial charge in [-0.3, -0.25) is 28.5 Å². The lowest BCUT2D eigenvalue weighted by Crippen LogP contribution is -2.35. The molecule has 0 spiro atoms. The highest BCUT2D eigenvalue weighted by molar-refractivity contribution is 5.98. The van der Waals surface area contributed by atoms with Crippen LogP contribution in [0.3, 0.4) is 0 Å². The maximum absolute atomic E-state index is 12.3. The fraction of sp³-hybridized carbons (Fsp3) is 0.500. The molecule has 10 heterocycles. The minimum atomic E-state index is -0.00118. The number of rotatable bonds is 8. The van der Waals surface area contributed by atoms with Crippen LogP contribution in [-0.4, -0.2) is 143 Å². The maximum atomic E-state index is 12.3. The Labute approximate surface area is 431 Å². The van der Waals surface area contributed by atoms with E-state index in [1.54, 1.807) is 27.9 Å². The van der Waals surface area contributed by atoms with Crippen LogP contribution in [0.5, 0.6) is 0 Å². The van der Waals surface area contributed by atoms with Crippen LogP contribution >= 0.6 is 0 Å². The lowest BCUT2D eigenvalue weighted by molar-refractivity contribution is -0.130. The summed E-state index contributed by atoms with van der Waals surface area (Å²) in [7, 11) is 3.39. The van der Waals surface area contributed by atoms with Gasteiger partial charge in [-0.05, 0) is 61.4 Å². The Balaban J connectivity index is 0.000000159. The molecule has 0 radical (unpaired) electrons. The molecule has 4 fully saturated rings. The van der Waals surface area contributed by atoms with Gasteiger partial charge in [0.1, 0.15) is 11.6 Å². The first kappa shape index (κ1) is 49.3. The number of carbonyl (C=O) groups is 4. The molecule has 6 aromatic rings. The quantitative estimate of drug-likeness (QED) is 0.186. The molecule has 0 unspecified atom stereocenters. The van der Waals surface area contributed by atoms with Crippen molar-refractivity contribution in [3.05, 3.63) is 83.4 Å². The van der Waals surface area contributed by atoms with Crippen LogP contribution in [0.25, 0.3) is 44.1 Å². The molecule has 4 saturated heterocycles. The molecule has 12 rings (SSSR count). The Morgan fingerprint density at radius 3 is 1.38 bits per heavy atom. The van der Waals surface area contributed by atoms with Gasteiger partial charge in [-0.1, -0.05) is 36.4 Å². The van der Waals surface area contributed by atoms with E-state index in [1.165, 1.54) is 11.4 Å². The largest absolute Gasteiger partial charge is 0.381 e. The highest BCUT2D eigenvalue weighted by Crippen LogP contribution is 2.40. The lowest BCUT2D eigenvalue weighted by atomic mass is 9.97. The van der Waals surface area contributed by atoms with Crippen molar-refractivity contribution in [2.45, 2.75) is 90.4 Å². The fourth-order valence-electron chi connectivity index (χ4n) is 12.2. The predicted molar refractivity (Wildman–Crippen MR) is 282 cm³/mol. The summed E-state index contributed by atoms with van der Waals surface area (Å²) < 4.78 is 15.7. The molecule has 388 valence electrons. The van der Waals surface area contributed by atoms with E-state index in [0.29, 0.717) is 38.3 Å². The molecule has 0 aliphatic carbocycles. The summed E-state index contributed by atoms with van der Waals surface area (Å²) in [6.07, 6.45) is 11.0. The van der Waals surface area contributed by atoms with Crippen LogP contribution in [0.2, 0.25) is 0 Å². The number of nitrogens with one attached hydrogen (secondary N) is 2. The average molecular weight is 1010 g/mol. The van der Waals surface area contributed by atoms with Crippen molar-refractivity contribution in [1.29, 1.82) is 0 Å². The van der Waals surface area contributed by atoms with Gasteiger partial charge in [-0.2, -0.15) is 10.2 Å². The van der Waals surface area contributed by atoms with Gasteiger partial charge in [-0.25, -0.2) is 9.97 Å². The molecule has 6 aliphatic rings. The molecule has 4 aromatic heterocycles. The third-order valence-corrected chi connectivity index (χ3v) is 16.4. The molecule has 0 saturated carbocycles. The normalized spacial score (nSPS) is 20.3. The maximum Gasteiger partial charge on any atom is 0.224 e. The first-order valence-electron chi connectivity index (χ1n) is 26.6. The van der Waals surface area contributed by atoms with Crippen molar-refractivity contribution in [1.82, 2.24) is 50.0 Å². The zero-order valence-electron chi connectivity index (χ0n) is 43.1. The summed E-state index contributed by atoms with van der Waals surface area (Å²) in [4.78, 5) is 66.6. The zero-order chi connectivity index (χ0) is 51.0. The molecule has 0 bridgehead atoms. The molecule has 2 N–H and O–H groups in total. The molecular formula is C56H68N12O6. The van der Waals surface area contributed by atoms with E-state index in [9.17, 15) is 19.2 Å². The second kappa shape index (κ2) is 21.1. The molecule has 2 atom stereocenters. The van der Waals surface area contributed by atoms with Crippen molar-refractivity contribution in [2.75, 3.05) is 89.6 Å². The molecule has 4 amide bonds. The highest BCUT2D eigenvalue weighted by atomic mass is 16.5. The van der Waals surface area contributed by atoms with E-state index in [2.05, 4.69) is 78.3 Å². The Hall–Kier alpha value is -6.92. The van der Waals surface area contributed by atoms with E-state index in [1.807, 2.05) is 22.2 Å². The van der Waals surface area contributed by atoms with Crippen molar-refractivity contribution in [3.63, 3.8) is 0 Å².